The Hall–Kier alpha value is -3.04. The number of halogens is 3. The number of rotatable bonds is 7. The Morgan fingerprint density at radius 3 is 2.45 bits per heavy atom. The molecule has 3 N–H and O–H groups in total. The number of hydrogen-bond donors (Lipinski definition) is 3. The first-order chi connectivity index (χ1) is 13.5. The van der Waals surface area contributed by atoms with Crippen LogP contribution in [0, 0.1) is 13.8 Å². The zero-order valence-corrected chi connectivity index (χ0v) is 16.5. The van der Waals surface area contributed by atoms with Crippen LogP contribution < -0.4 is 10.6 Å². The predicted octanol–water partition coefficient (Wildman–Crippen LogP) is 3.45. The largest absolute Gasteiger partial charge is 0.459 e. The van der Waals surface area contributed by atoms with Crippen LogP contribution >= 0.6 is 0 Å². The molecule has 0 radical (unpaired) electrons. The molecular formula is C19H23F3N4O3. The Balaban J connectivity index is 1.91. The molecule has 0 aliphatic heterocycles. The number of aromatic nitrogens is 2. The van der Waals surface area contributed by atoms with Gasteiger partial charge in [0.15, 0.2) is 0 Å². The Morgan fingerprint density at radius 1 is 1.21 bits per heavy atom. The van der Waals surface area contributed by atoms with Crippen LogP contribution in [0.5, 0.6) is 0 Å². The van der Waals surface area contributed by atoms with Gasteiger partial charge in [0.1, 0.15) is 11.5 Å². The lowest BCUT2D eigenvalue weighted by atomic mass is 10.1. The zero-order valence-electron chi connectivity index (χ0n) is 16.5. The van der Waals surface area contributed by atoms with E-state index >= 15 is 0 Å². The minimum Gasteiger partial charge on any atom is -0.459 e. The highest BCUT2D eigenvalue weighted by Crippen LogP contribution is 2.28. The second-order valence-corrected chi connectivity index (χ2v) is 6.69. The molecule has 2 aromatic rings. The first-order valence-electron chi connectivity index (χ1n) is 8.96. The van der Waals surface area contributed by atoms with Crippen LogP contribution in [0.15, 0.2) is 18.3 Å². The number of amides is 1. The molecule has 10 heteroatoms. The molecule has 0 fully saturated rings. The molecule has 158 valence electrons. The van der Waals surface area contributed by atoms with Crippen LogP contribution in [0.2, 0.25) is 0 Å². The number of aromatic amines is 1. The van der Waals surface area contributed by atoms with Crippen molar-refractivity contribution in [2.75, 3.05) is 18.4 Å². The fourth-order valence-corrected chi connectivity index (χ4v) is 2.68. The second kappa shape index (κ2) is 8.97. The fourth-order valence-electron chi connectivity index (χ4n) is 2.68. The topological polar surface area (TPSA) is 96.1 Å². The molecule has 29 heavy (non-hydrogen) atoms. The van der Waals surface area contributed by atoms with Crippen molar-refractivity contribution in [3.05, 3.63) is 46.4 Å². The van der Waals surface area contributed by atoms with Gasteiger partial charge >= 0.3 is 12.1 Å². The lowest BCUT2D eigenvalue weighted by molar-refractivity contribution is -0.137. The Kier molecular flexibility index (Phi) is 6.89. The predicted molar refractivity (Wildman–Crippen MR) is 101 cm³/mol. The van der Waals surface area contributed by atoms with Crippen LogP contribution in [-0.2, 0) is 10.9 Å². The van der Waals surface area contributed by atoms with E-state index in [1.54, 1.807) is 27.7 Å². The van der Waals surface area contributed by atoms with Crippen LogP contribution in [0.3, 0.4) is 0 Å². The van der Waals surface area contributed by atoms with Crippen molar-refractivity contribution >= 4 is 17.7 Å². The molecule has 0 bridgehead atoms. The van der Waals surface area contributed by atoms with E-state index < -0.39 is 23.6 Å². The molecule has 0 atom stereocenters. The minimum atomic E-state index is -4.44. The molecule has 0 saturated heterocycles. The lowest BCUT2D eigenvalue weighted by Crippen LogP contribution is -2.29. The number of nitrogens with one attached hydrogen (secondary N) is 3. The standard InChI is InChI=1S/C19H23F3N4O3/c1-10(2)29-18(28)15-11(3)16(26-12(15)4)17(27)24-8-7-23-14-6-5-13(9-25-14)19(20,21)22/h5-6,9-10,26H,7-8H2,1-4H3,(H,23,25)(H,24,27). The van der Waals surface area contributed by atoms with E-state index in [1.807, 2.05) is 0 Å². The highest BCUT2D eigenvalue weighted by molar-refractivity contribution is 6.00. The van der Waals surface area contributed by atoms with Gasteiger partial charge in [-0.15, -0.1) is 0 Å². The number of ether oxygens (including phenoxy) is 1. The molecule has 2 heterocycles. The van der Waals surface area contributed by atoms with E-state index in [9.17, 15) is 22.8 Å². The third kappa shape index (κ3) is 5.72. The van der Waals surface area contributed by atoms with E-state index in [1.165, 1.54) is 6.07 Å². The fraction of sp³-hybridized carbons (Fsp3) is 0.421. The molecule has 0 aliphatic rings. The summed E-state index contributed by atoms with van der Waals surface area (Å²) in [5, 5.41) is 5.50. The number of nitrogens with zero attached hydrogens (tertiary/aromatic N) is 1. The van der Waals surface area contributed by atoms with E-state index in [2.05, 4.69) is 20.6 Å². The third-order valence-corrected chi connectivity index (χ3v) is 4.02. The average molecular weight is 412 g/mol. The third-order valence-electron chi connectivity index (χ3n) is 4.02. The number of H-pyrrole nitrogens is 1. The number of carbonyl (C=O) groups excluding carboxylic acids is 2. The first kappa shape index (κ1) is 22.3. The normalized spacial score (nSPS) is 11.4. The van der Waals surface area contributed by atoms with Gasteiger partial charge in [-0.3, -0.25) is 4.79 Å². The van der Waals surface area contributed by atoms with Gasteiger partial charge < -0.3 is 20.4 Å². The quantitative estimate of drug-likeness (QED) is 0.478. The summed E-state index contributed by atoms with van der Waals surface area (Å²) in [5.41, 5.74) is 0.774. The first-order valence-corrected chi connectivity index (χ1v) is 8.96. The molecule has 7 nitrogen and oxygen atoms in total. The molecule has 2 rings (SSSR count). The molecule has 1 amide bonds. The molecule has 0 aromatic carbocycles. The summed E-state index contributed by atoms with van der Waals surface area (Å²) in [4.78, 5) is 31.1. The van der Waals surface area contributed by atoms with Crippen LogP contribution in [0.25, 0.3) is 0 Å². The molecular weight excluding hydrogens is 389 g/mol. The van der Waals surface area contributed by atoms with Crippen molar-refractivity contribution in [3.63, 3.8) is 0 Å². The van der Waals surface area contributed by atoms with E-state index in [-0.39, 0.29) is 30.7 Å². The summed E-state index contributed by atoms with van der Waals surface area (Å²) < 4.78 is 42.7. The van der Waals surface area contributed by atoms with Gasteiger partial charge in [-0.25, -0.2) is 9.78 Å². The van der Waals surface area contributed by atoms with Gasteiger partial charge in [-0.2, -0.15) is 13.2 Å². The van der Waals surface area contributed by atoms with Crippen LogP contribution in [-0.4, -0.2) is 41.0 Å². The Labute approximate surface area is 166 Å². The molecule has 0 unspecified atom stereocenters. The smallest absolute Gasteiger partial charge is 0.417 e. The summed E-state index contributed by atoms with van der Waals surface area (Å²) in [6, 6.07) is 2.15. The van der Waals surface area contributed by atoms with Crippen LogP contribution in [0.1, 0.15) is 51.5 Å². The number of pyridine rings is 1. The highest BCUT2D eigenvalue weighted by Gasteiger charge is 2.30. The van der Waals surface area contributed by atoms with Gasteiger partial charge in [0, 0.05) is 25.0 Å². The summed E-state index contributed by atoms with van der Waals surface area (Å²) in [6.45, 7) is 7.26. The van der Waals surface area contributed by atoms with Crippen molar-refractivity contribution in [2.24, 2.45) is 0 Å². The summed E-state index contributed by atoms with van der Waals surface area (Å²) in [5.74, 6) is -0.644. The van der Waals surface area contributed by atoms with Crippen molar-refractivity contribution < 1.29 is 27.5 Å². The maximum absolute atomic E-state index is 12.5. The zero-order chi connectivity index (χ0) is 21.8. The van der Waals surface area contributed by atoms with Crippen molar-refractivity contribution in [2.45, 2.75) is 40.0 Å². The number of esters is 1. The van der Waals surface area contributed by atoms with Gasteiger partial charge in [-0.05, 0) is 45.4 Å². The Morgan fingerprint density at radius 2 is 1.90 bits per heavy atom. The summed E-state index contributed by atoms with van der Waals surface area (Å²) >= 11 is 0. The number of hydrogen-bond acceptors (Lipinski definition) is 5. The molecule has 0 saturated carbocycles. The average Bonchev–Trinajstić information content (AvgIpc) is 2.92. The van der Waals surface area contributed by atoms with Crippen molar-refractivity contribution in [3.8, 4) is 0 Å². The van der Waals surface area contributed by atoms with Gasteiger partial charge in [0.25, 0.3) is 5.91 Å². The van der Waals surface area contributed by atoms with E-state index in [0.29, 0.717) is 16.8 Å². The van der Waals surface area contributed by atoms with Crippen LogP contribution in [0.4, 0.5) is 19.0 Å². The van der Waals surface area contributed by atoms with Gasteiger partial charge in [0.2, 0.25) is 0 Å². The molecule has 0 aliphatic carbocycles. The number of anilines is 1. The second-order valence-electron chi connectivity index (χ2n) is 6.69. The van der Waals surface area contributed by atoms with E-state index in [4.69, 9.17) is 4.74 Å². The van der Waals surface area contributed by atoms with Crippen molar-refractivity contribution in [1.29, 1.82) is 0 Å². The number of aryl methyl sites for hydroxylation is 1. The summed E-state index contributed by atoms with van der Waals surface area (Å²) in [6.07, 6.45) is -3.98. The highest BCUT2D eigenvalue weighted by atomic mass is 19.4. The molecule has 2 aromatic heterocycles. The Bertz CT molecular complexity index is 874. The van der Waals surface area contributed by atoms with E-state index in [0.717, 1.165) is 12.3 Å². The van der Waals surface area contributed by atoms with Crippen molar-refractivity contribution in [1.82, 2.24) is 15.3 Å². The maximum atomic E-state index is 12.5. The molecule has 0 spiro atoms. The summed E-state index contributed by atoms with van der Waals surface area (Å²) in [7, 11) is 0. The monoisotopic (exact) mass is 412 g/mol. The minimum absolute atomic E-state index is 0.199. The maximum Gasteiger partial charge on any atom is 0.417 e. The van der Waals surface area contributed by atoms with Gasteiger partial charge in [-0.1, -0.05) is 0 Å². The van der Waals surface area contributed by atoms with Gasteiger partial charge in [0.05, 0.1) is 17.2 Å². The number of carbonyl (C=O) groups is 2. The lowest BCUT2D eigenvalue weighted by Gasteiger charge is -2.10. The SMILES string of the molecule is Cc1[nH]c(C(=O)NCCNc2ccc(C(F)(F)F)cn2)c(C)c1C(=O)OC(C)C. The number of alkyl halides is 3.